The van der Waals surface area contributed by atoms with Crippen LogP contribution < -0.4 is 11.3 Å². The highest BCUT2D eigenvalue weighted by molar-refractivity contribution is 4.86. The minimum atomic E-state index is 0.209. The van der Waals surface area contributed by atoms with Crippen LogP contribution in [0.4, 0.5) is 0 Å². The van der Waals surface area contributed by atoms with Gasteiger partial charge < -0.3 is 4.74 Å². The first-order chi connectivity index (χ1) is 7.60. The van der Waals surface area contributed by atoms with Crippen molar-refractivity contribution >= 4 is 0 Å². The van der Waals surface area contributed by atoms with E-state index in [2.05, 4.69) is 26.2 Å². The molecule has 0 aliphatic heterocycles. The zero-order chi connectivity index (χ0) is 12.1. The maximum atomic E-state index is 5.68. The number of hydrazine groups is 1. The van der Waals surface area contributed by atoms with Gasteiger partial charge in [0.1, 0.15) is 0 Å². The van der Waals surface area contributed by atoms with Crippen LogP contribution in [-0.4, -0.2) is 18.8 Å². The predicted molar refractivity (Wildman–Crippen MR) is 67.9 cm³/mol. The Morgan fingerprint density at radius 3 is 2.50 bits per heavy atom. The Balaban J connectivity index is 2.53. The minimum Gasteiger partial charge on any atom is -0.377 e. The van der Waals surface area contributed by atoms with Crippen molar-refractivity contribution in [3.8, 4) is 0 Å². The van der Waals surface area contributed by atoms with Gasteiger partial charge in [0.15, 0.2) is 0 Å². The SMILES string of the molecule is CCOC(C)C(NN)C1CCC(C)C(C)C1. The zero-order valence-electron chi connectivity index (χ0n) is 11.2. The van der Waals surface area contributed by atoms with E-state index < -0.39 is 0 Å². The molecule has 1 rings (SSSR count). The average molecular weight is 228 g/mol. The van der Waals surface area contributed by atoms with Gasteiger partial charge in [0.05, 0.1) is 6.10 Å². The lowest BCUT2D eigenvalue weighted by molar-refractivity contribution is 0.0154. The fourth-order valence-electron chi connectivity index (χ4n) is 2.94. The number of nitrogens with one attached hydrogen (secondary N) is 1. The van der Waals surface area contributed by atoms with E-state index in [9.17, 15) is 0 Å². The molecule has 3 nitrogen and oxygen atoms in total. The fourth-order valence-corrected chi connectivity index (χ4v) is 2.94. The second-order valence-electron chi connectivity index (χ2n) is 5.38. The lowest BCUT2D eigenvalue weighted by Gasteiger charge is -2.38. The molecular formula is C13H28N2O. The fraction of sp³-hybridized carbons (Fsp3) is 1.00. The summed E-state index contributed by atoms with van der Waals surface area (Å²) in [5.74, 6) is 8.02. The molecule has 5 atom stereocenters. The van der Waals surface area contributed by atoms with Crippen LogP contribution in [0.3, 0.4) is 0 Å². The van der Waals surface area contributed by atoms with Crippen LogP contribution in [-0.2, 0) is 4.74 Å². The quantitative estimate of drug-likeness (QED) is 0.561. The van der Waals surface area contributed by atoms with E-state index in [-0.39, 0.29) is 6.10 Å². The lowest BCUT2D eigenvalue weighted by atomic mass is 9.72. The van der Waals surface area contributed by atoms with Gasteiger partial charge in [0.25, 0.3) is 0 Å². The van der Waals surface area contributed by atoms with Gasteiger partial charge in [-0.05, 0) is 44.4 Å². The van der Waals surface area contributed by atoms with Crippen LogP contribution in [0.1, 0.15) is 47.0 Å². The number of hydrogen-bond acceptors (Lipinski definition) is 3. The molecule has 0 heterocycles. The van der Waals surface area contributed by atoms with E-state index in [0.717, 1.165) is 18.4 Å². The Hall–Kier alpha value is -0.120. The van der Waals surface area contributed by atoms with Crippen molar-refractivity contribution in [3.63, 3.8) is 0 Å². The highest BCUT2D eigenvalue weighted by Gasteiger charge is 2.32. The monoisotopic (exact) mass is 228 g/mol. The molecule has 96 valence electrons. The van der Waals surface area contributed by atoms with E-state index in [1.54, 1.807) is 0 Å². The van der Waals surface area contributed by atoms with E-state index in [1.807, 2.05) is 6.92 Å². The van der Waals surface area contributed by atoms with Gasteiger partial charge in [0.2, 0.25) is 0 Å². The molecule has 16 heavy (non-hydrogen) atoms. The topological polar surface area (TPSA) is 47.3 Å². The highest BCUT2D eigenvalue weighted by atomic mass is 16.5. The van der Waals surface area contributed by atoms with E-state index >= 15 is 0 Å². The molecule has 1 fully saturated rings. The Kier molecular flexibility index (Phi) is 5.73. The first-order valence-corrected chi connectivity index (χ1v) is 6.67. The third-order valence-electron chi connectivity index (χ3n) is 4.27. The second kappa shape index (κ2) is 6.58. The molecule has 0 bridgehead atoms. The number of ether oxygens (including phenoxy) is 1. The first kappa shape index (κ1) is 13.9. The maximum absolute atomic E-state index is 5.68. The molecule has 1 aliphatic rings. The molecule has 0 spiro atoms. The van der Waals surface area contributed by atoms with Crippen LogP contribution in [0.15, 0.2) is 0 Å². The first-order valence-electron chi connectivity index (χ1n) is 6.67. The van der Waals surface area contributed by atoms with Crippen molar-refractivity contribution in [1.82, 2.24) is 5.43 Å². The molecule has 0 aromatic rings. The molecule has 1 aliphatic carbocycles. The lowest BCUT2D eigenvalue weighted by Crippen LogP contribution is -2.50. The van der Waals surface area contributed by atoms with Crippen LogP contribution in [0, 0.1) is 17.8 Å². The minimum absolute atomic E-state index is 0.209. The third-order valence-corrected chi connectivity index (χ3v) is 4.27. The molecule has 0 aromatic carbocycles. The van der Waals surface area contributed by atoms with Crippen LogP contribution in [0.25, 0.3) is 0 Å². The standard InChI is InChI=1S/C13H28N2O/c1-5-16-11(4)13(15-14)12-7-6-9(2)10(3)8-12/h9-13,15H,5-8,14H2,1-4H3. The van der Waals surface area contributed by atoms with Crippen LogP contribution >= 0.6 is 0 Å². The summed E-state index contributed by atoms with van der Waals surface area (Å²) in [7, 11) is 0. The summed E-state index contributed by atoms with van der Waals surface area (Å²) in [5, 5.41) is 0. The number of nitrogens with two attached hydrogens (primary N) is 1. The molecule has 0 saturated heterocycles. The van der Waals surface area contributed by atoms with Crippen LogP contribution in [0.2, 0.25) is 0 Å². The van der Waals surface area contributed by atoms with Gasteiger partial charge in [-0.15, -0.1) is 0 Å². The Bertz CT molecular complexity index is 198. The average Bonchev–Trinajstić information content (AvgIpc) is 2.25. The molecule has 0 radical (unpaired) electrons. The van der Waals surface area contributed by atoms with Crippen molar-refractivity contribution in [2.75, 3.05) is 6.61 Å². The summed E-state index contributed by atoms with van der Waals surface area (Å²) in [5.41, 5.74) is 2.97. The second-order valence-corrected chi connectivity index (χ2v) is 5.38. The Morgan fingerprint density at radius 2 is 2.00 bits per heavy atom. The molecule has 3 heteroatoms. The Labute approximate surface area is 100 Å². The summed E-state index contributed by atoms with van der Waals surface area (Å²) >= 11 is 0. The van der Waals surface area contributed by atoms with Crippen molar-refractivity contribution in [2.24, 2.45) is 23.6 Å². The largest absolute Gasteiger partial charge is 0.377 e. The predicted octanol–water partition coefficient (Wildman–Crippen LogP) is 2.32. The molecule has 1 saturated carbocycles. The summed E-state index contributed by atoms with van der Waals surface area (Å²) < 4.78 is 5.67. The van der Waals surface area contributed by atoms with Crippen molar-refractivity contribution in [1.29, 1.82) is 0 Å². The van der Waals surface area contributed by atoms with Crippen molar-refractivity contribution in [2.45, 2.75) is 59.1 Å². The molecular weight excluding hydrogens is 200 g/mol. The summed E-state index contributed by atoms with van der Waals surface area (Å²) in [6.45, 7) is 9.64. The summed E-state index contributed by atoms with van der Waals surface area (Å²) in [6, 6.07) is 0.301. The summed E-state index contributed by atoms with van der Waals surface area (Å²) in [4.78, 5) is 0. The van der Waals surface area contributed by atoms with Gasteiger partial charge in [-0.2, -0.15) is 0 Å². The van der Waals surface area contributed by atoms with E-state index in [4.69, 9.17) is 10.6 Å². The normalized spacial score (nSPS) is 34.7. The van der Waals surface area contributed by atoms with E-state index in [0.29, 0.717) is 12.0 Å². The number of rotatable bonds is 5. The zero-order valence-corrected chi connectivity index (χ0v) is 11.2. The maximum Gasteiger partial charge on any atom is 0.0715 e. The van der Waals surface area contributed by atoms with Gasteiger partial charge >= 0.3 is 0 Å². The molecule has 0 amide bonds. The van der Waals surface area contributed by atoms with Crippen molar-refractivity contribution < 1.29 is 4.74 Å². The summed E-state index contributed by atoms with van der Waals surface area (Å²) in [6.07, 6.45) is 4.08. The third kappa shape index (κ3) is 3.44. The van der Waals surface area contributed by atoms with Gasteiger partial charge in [0, 0.05) is 12.6 Å². The van der Waals surface area contributed by atoms with Gasteiger partial charge in [-0.25, -0.2) is 0 Å². The molecule has 5 unspecified atom stereocenters. The van der Waals surface area contributed by atoms with E-state index in [1.165, 1.54) is 19.3 Å². The highest BCUT2D eigenvalue weighted by Crippen LogP contribution is 2.35. The Morgan fingerprint density at radius 1 is 1.31 bits per heavy atom. The van der Waals surface area contributed by atoms with Crippen molar-refractivity contribution in [3.05, 3.63) is 0 Å². The molecule has 0 aromatic heterocycles. The van der Waals surface area contributed by atoms with Crippen LogP contribution in [0.5, 0.6) is 0 Å². The molecule has 3 N–H and O–H groups in total. The number of hydrogen-bond donors (Lipinski definition) is 2. The smallest absolute Gasteiger partial charge is 0.0715 e. The van der Waals surface area contributed by atoms with Gasteiger partial charge in [-0.1, -0.05) is 20.3 Å². The van der Waals surface area contributed by atoms with Gasteiger partial charge in [-0.3, -0.25) is 11.3 Å².